The van der Waals surface area contributed by atoms with Crippen LogP contribution in [0.3, 0.4) is 0 Å². The number of hydrogen-bond donors (Lipinski definition) is 0. The summed E-state index contributed by atoms with van der Waals surface area (Å²) in [4.78, 5) is 2.43. The molecule has 0 saturated carbocycles. The van der Waals surface area contributed by atoms with Crippen molar-refractivity contribution in [2.45, 2.75) is 90.9 Å². The van der Waals surface area contributed by atoms with Gasteiger partial charge in [-0.25, -0.2) is 0 Å². The third-order valence-electron chi connectivity index (χ3n) is 14.2. The first-order valence-corrected chi connectivity index (χ1v) is 22.8. The van der Waals surface area contributed by atoms with Crippen molar-refractivity contribution in [2.24, 2.45) is 0 Å². The Morgan fingerprint density at radius 1 is 0.317 bits per heavy atom. The molecule has 0 spiro atoms. The van der Waals surface area contributed by atoms with Gasteiger partial charge in [-0.2, -0.15) is 0 Å². The van der Waals surface area contributed by atoms with Crippen LogP contribution in [0.2, 0.25) is 0 Å². The van der Waals surface area contributed by atoms with E-state index in [4.69, 9.17) is 0 Å². The smallest absolute Gasteiger partial charge is 0.0465 e. The van der Waals surface area contributed by atoms with Crippen molar-refractivity contribution in [3.63, 3.8) is 0 Å². The van der Waals surface area contributed by atoms with E-state index >= 15 is 0 Å². The van der Waals surface area contributed by atoms with Gasteiger partial charge < -0.3 is 4.90 Å². The molecule has 1 heteroatoms. The molecule has 0 heterocycles. The molecule has 0 aliphatic heterocycles. The lowest BCUT2D eigenvalue weighted by molar-refractivity contribution is 0.590. The van der Waals surface area contributed by atoms with Crippen LogP contribution in [0.1, 0.15) is 103 Å². The van der Waals surface area contributed by atoms with Crippen LogP contribution in [-0.4, -0.2) is 0 Å². The first-order valence-electron chi connectivity index (χ1n) is 22.8. The Hall–Kier alpha value is -6.44. The second-order valence-corrected chi connectivity index (χ2v) is 21.1. The monoisotopic (exact) mass is 817 g/mol. The topological polar surface area (TPSA) is 3.24 Å². The highest BCUT2D eigenvalue weighted by atomic mass is 15.1. The average molecular weight is 818 g/mol. The molecule has 1 nitrogen and oxygen atoms in total. The summed E-state index contributed by atoms with van der Waals surface area (Å²) in [7, 11) is 0. The molecule has 0 amide bonds. The van der Waals surface area contributed by atoms with E-state index in [-0.39, 0.29) is 21.7 Å². The van der Waals surface area contributed by atoms with E-state index in [1.165, 1.54) is 89.0 Å². The molecule has 312 valence electrons. The Labute approximate surface area is 376 Å². The number of hydrogen-bond acceptors (Lipinski definition) is 1. The third-order valence-corrected chi connectivity index (χ3v) is 14.2. The van der Waals surface area contributed by atoms with Crippen LogP contribution in [0.5, 0.6) is 0 Å². The molecule has 8 aromatic carbocycles. The fourth-order valence-corrected chi connectivity index (χ4v) is 10.4. The largest absolute Gasteiger partial charge is 0.310 e. The molecule has 0 N–H and O–H groups in total. The minimum atomic E-state index is -0.206. The molecule has 0 atom stereocenters. The number of nitrogens with zero attached hydrogens (tertiary/aromatic N) is 1. The first-order chi connectivity index (χ1) is 30.0. The SMILES string of the molecule is CC(C)(C)c1ccc(-c2ccc(N(c3ccc(-c4ccc(C(C)(C)C)cc4)cc3)c3ccc4c(c3)C(C)(C)c3cc5c(cc3-4)C(C)(C)c3cccc(-c4ccccc4)c3-5)cc2)cc1. The third kappa shape index (κ3) is 6.85. The molecule has 0 aromatic heterocycles. The van der Waals surface area contributed by atoms with Gasteiger partial charge in [-0.1, -0.05) is 197 Å². The van der Waals surface area contributed by atoms with E-state index in [1.54, 1.807) is 0 Å². The van der Waals surface area contributed by atoms with Gasteiger partial charge in [-0.05, 0) is 148 Å². The zero-order valence-corrected chi connectivity index (χ0v) is 38.7. The fourth-order valence-electron chi connectivity index (χ4n) is 10.4. The lowest BCUT2D eigenvalue weighted by Crippen LogP contribution is -2.17. The Morgan fingerprint density at radius 2 is 0.746 bits per heavy atom. The van der Waals surface area contributed by atoms with Crippen LogP contribution in [0.15, 0.2) is 176 Å². The molecule has 10 rings (SSSR count). The van der Waals surface area contributed by atoms with E-state index in [9.17, 15) is 0 Å². The summed E-state index contributed by atoms with van der Waals surface area (Å²) >= 11 is 0. The predicted octanol–water partition coefficient (Wildman–Crippen LogP) is 17.4. The number of anilines is 3. The minimum Gasteiger partial charge on any atom is -0.310 e. The maximum absolute atomic E-state index is 2.54. The maximum Gasteiger partial charge on any atom is 0.0465 e. The first kappa shape index (κ1) is 40.6. The van der Waals surface area contributed by atoms with Crippen LogP contribution >= 0.6 is 0 Å². The van der Waals surface area contributed by atoms with Crippen molar-refractivity contribution in [3.05, 3.63) is 209 Å². The molecule has 2 aliphatic carbocycles. The zero-order chi connectivity index (χ0) is 44.1. The highest BCUT2D eigenvalue weighted by molar-refractivity contribution is 5.96. The standard InChI is InChI=1S/C62H59N/c1-59(2,3)45-27-19-40(20-28-45)42-23-31-47(32-24-42)63(48-33-25-43(26-34-48)41-21-29-46(30-22-41)60(4,5)6)49-35-36-51-52-38-57-53(39-56(52)62(9,10)55(51)37-49)58-50(44-15-12-11-13-16-44)17-14-18-54(58)61(57,7)8/h11-39H,1-10H3. The molecule has 0 radical (unpaired) electrons. The molecule has 0 unspecified atom stereocenters. The zero-order valence-electron chi connectivity index (χ0n) is 38.7. The summed E-state index contributed by atoms with van der Waals surface area (Å²) in [5, 5.41) is 0. The second kappa shape index (κ2) is 14.6. The number of fused-ring (bicyclic) bond motifs is 6. The van der Waals surface area contributed by atoms with Gasteiger partial charge in [0.05, 0.1) is 0 Å². The highest BCUT2D eigenvalue weighted by Crippen LogP contribution is 2.58. The summed E-state index contributed by atoms with van der Waals surface area (Å²) in [5.74, 6) is 0. The molecule has 63 heavy (non-hydrogen) atoms. The van der Waals surface area contributed by atoms with Crippen molar-refractivity contribution < 1.29 is 0 Å². The molecular formula is C62H59N. The normalized spacial score (nSPS) is 14.4. The van der Waals surface area contributed by atoms with E-state index in [0.717, 1.165) is 17.1 Å². The molecule has 2 aliphatic rings. The lowest BCUT2D eigenvalue weighted by Gasteiger charge is -2.28. The Kier molecular flexibility index (Phi) is 9.39. The quantitative estimate of drug-likeness (QED) is 0.162. The summed E-state index contributed by atoms with van der Waals surface area (Å²) in [6, 6.07) is 66.4. The molecule has 8 aromatic rings. The molecule has 0 bridgehead atoms. The van der Waals surface area contributed by atoms with Crippen LogP contribution in [0, 0.1) is 0 Å². The van der Waals surface area contributed by atoms with Crippen LogP contribution in [0.4, 0.5) is 17.1 Å². The van der Waals surface area contributed by atoms with E-state index in [0.29, 0.717) is 0 Å². The Bertz CT molecular complexity index is 2900. The van der Waals surface area contributed by atoms with E-state index in [1.807, 2.05) is 0 Å². The Morgan fingerprint density at radius 3 is 1.25 bits per heavy atom. The van der Waals surface area contributed by atoms with Gasteiger partial charge in [0.25, 0.3) is 0 Å². The van der Waals surface area contributed by atoms with Crippen molar-refractivity contribution in [3.8, 4) is 55.6 Å². The van der Waals surface area contributed by atoms with Crippen molar-refractivity contribution in [1.29, 1.82) is 0 Å². The van der Waals surface area contributed by atoms with Gasteiger partial charge in [0.15, 0.2) is 0 Å². The van der Waals surface area contributed by atoms with Gasteiger partial charge in [0, 0.05) is 27.9 Å². The predicted molar refractivity (Wildman–Crippen MR) is 270 cm³/mol. The highest BCUT2D eigenvalue weighted by Gasteiger charge is 2.42. The van der Waals surface area contributed by atoms with Crippen LogP contribution in [-0.2, 0) is 21.7 Å². The maximum atomic E-state index is 2.54. The summed E-state index contributed by atoms with van der Waals surface area (Å²) in [6.45, 7) is 23.3. The molecule has 0 saturated heterocycles. The van der Waals surface area contributed by atoms with Gasteiger partial charge in [0.1, 0.15) is 0 Å². The number of benzene rings is 8. The van der Waals surface area contributed by atoms with E-state index < -0.39 is 0 Å². The fraction of sp³-hybridized carbons (Fsp3) is 0.226. The summed E-state index contributed by atoms with van der Waals surface area (Å²) in [6.07, 6.45) is 0. The second-order valence-electron chi connectivity index (χ2n) is 21.1. The Balaban J connectivity index is 1.06. The van der Waals surface area contributed by atoms with Crippen molar-refractivity contribution in [2.75, 3.05) is 4.90 Å². The van der Waals surface area contributed by atoms with Gasteiger partial charge in [-0.3, -0.25) is 0 Å². The summed E-state index contributed by atoms with van der Waals surface area (Å²) in [5.41, 5.74) is 24.5. The average Bonchev–Trinajstić information content (AvgIpc) is 3.64. The van der Waals surface area contributed by atoms with Crippen molar-refractivity contribution in [1.82, 2.24) is 0 Å². The van der Waals surface area contributed by atoms with Crippen LogP contribution < -0.4 is 4.90 Å². The van der Waals surface area contributed by atoms with Crippen LogP contribution in [0.25, 0.3) is 55.6 Å². The van der Waals surface area contributed by atoms with Gasteiger partial charge >= 0.3 is 0 Å². The minimum absolute atomic E-state index is 0.115. The van der Waals surface area contributed by atoms with Gasteiger partial charge in [0.2, 0.25) is 0 Å². The molecular weight excluding hydrogens is 759 g/mol. The lowest BCUT2D eigenvalue weighted by atomic mass is 9.79. The van der Waals surface area contributed by atoms with Crippen molar-refractivity contribution >= 4 is 17.1 Å². The van der Waals surface area contributed by atoms with E-state index in [2.05, 4.69) is 250 Å². The van der Waals surface area contributed by atoms with Gasteiger partial charge in [-0.15, -0.1) is 0 Å². The molecule has 0 fully saturated rings. The number of rotatable bonds is 6. The summed E-state index contributed by atoms with van der Waals surface area (Å²) < 4.78 is 0.